The second kappa shape index (κ2) is 8.42. The molecular weight excluding hydrogens is 363 g/mol. The molecule has 0 radical (unpaired) electrons. The van der Waals surface area contributed by atoms with Crippen LogP contribution in [0.2, 0.25) is 0 Å². The Hall–Kier alpha value is -2.89. The number of ether oxygens (including phenoxy) is 2. The van der Waals surface area contributed by atoms with E-state index in [-0.39, 0.29) is 24.7 Å². The highest BCUT2D eigenvalue weighted by Crippen LogP contribution is 2.48. The summed E-state index contributed by atoms with van der Waals surface area (Å²) in [6.07, 6.45) is 2.02. The summed E-state index contributed by atoms with van der Waals surface area (Å²) < 4.78 is 25.9. The Bertz CT molecular complexity index is 859. The summed E-state index contributed by atoms with van der Waals surface area (Å²) in [5, 5.41) is 9.06. The Morgan fingerprint density at radius 2 is 1.89 bits per heavy atom. The highest BCUT2D eigenvalue weighted by molar-refractivity contribution is 5.70. The lowest BCUT2D eigenvalue weighted by Gasteiger charge is -2.42. The van der Waals surface area contributed by atoms with Crippen LogP contribution in [0.3, 0.4) is 0 Å². The Morgan fingerprint density at radius 3 is 2.46 bits per heavy atom. The van der Waals surface area contributed by atoms with Crippen LogP contribution in [0.5, 0.6) is 5.75 Å². The highest BCUT2D eigenvalue weighted by atomic mass is 19.1. The smallest absolute Gasteiger partial charge is 0.307 e. The molecule has 0 unspecified atom stereocenters. The largest absolute Gasteiger partial charge is 0.489 e. The summed E-state index contributed by atoms with van der Waals surface area (Å²) in [6.45, 7) is 1.77. The summed E-state index contributed by atoms with van der Waals surface area (Å²) in [5.74, 6) is -1.65. The summed E-state index contributed by atoms with van der Waals surface area (Å²) in [7, 11) is 0. The Balaban J connectivity index is 1.95. The van der Waals surface area contributed by atoms with Gasteiger partial charge < -0.3 is 14.6 Å². The minimum Gasteiger partial charge on any atom is -0.489 e. The van der Waals surface area contributed by atoms with E-state index >= 15 is 0 Å². The molecule has 0 spiro atoms. The lowest BCUT2D eigenvalue weighted by atomic mass is 9.64. The van der Waals surface area contributed by atoms with Crippen molar-refractivity contribution in [3.63, 3.8) is 0 Å². The molecular formula is C22H23FO5. The average molecular weight is 386 g/mol. The molecule has 148 valence electrons. The lowest BCUT2D eigenvalue weighted by Crippen LogP contribution is -2.40. The van der Waals surface area contributed by atoms with Crippen molar-refractivity contribution in [2.24, 2.45) is 0 Å². The van der Waals surface area contributed by atoms with E-state index in [1.807, 2.05) is 30.3 Å². The molecule has 1 N–H and O–H groups in total. The SMILES string of the molecule is CC(=O)OCC1(c2cc(F)c(CC(=O)O)cc2OCc2ccccc2)CCC1. The molecule has 2 aromatic carbocycles. The van der Waals surface area contributed by atoms with Crippen LogP contribution in [0.25, 0.3) is 0 Å². The van der Waals surface area contributed by atoms with Crippen molar-refractivity contribution in [3.8, 4) is 5.75 Å². The van der Waals surface area contributed by atoms with Crippen molar-refractivity contribution in [2.75, 3.05) is 6.61 Å². The number of carboxylic acids is 1. The first-order chi connectivity index (χ1) is 13.4. The van der Waals surface area contributed by atoms with E-state index in [4.69, 9.17) is 14.6 Å². The Morgan fingerprint density at radius 1 is 1.18 bits per heavy atom. The first-order valence-corrected chi connectivity index (χ1v) is 9.24. The molecule has 1 saturated carbocycles. The number of hydrogen-bond acceptors (Lipinski definition) is 4. The molecule has 2 aromatic rings. The number of carboxylic acid groups (broad SMARTS) is 1. The molecule has 5 nitrogen and oxygen atoms in total. The summed E-state index contributed by atoms with van der Waals surface area (Å²) in [5.41, 5.74) is 1.14. The molecule has 0 heterocycles. The number of rotatable bonds is 8. The van der Waals surface area contributed by atoms with Crippen LogP contribution in [-0.4, -0.2) is 23.7 Å². The van der Waals surface area contributed by atoms with Gasteiger partial charge in [0.2, 0.25) is 0 Å². The molecule has 1 fully saturated rings. The van der Waals surface area contributed by atoms with Gasteiger partial charge in [0.05, 0.1) is 6.42 Å². The van der Waals surface area contributed by atoms with Crippen molar-refractivity contribution >= 4 is 11.9 Å². The van der Waals surface area contributed by atoms with E-state index in [1.54, 1.807) is 0 Å². The molecule has 6 heteroatoms. The maximum atomic E-state index is 14.6. The Labute approximate surface area is 163 Å². The fraction of sp³-hybridized carbons (Fsp3) is 0.364. The first kappa shape index (κ1) is 19.9. The third-order valence-corrected chi connectivity index (χ3v) is 5.16. The standard InChI is InChI=1S/C22H23FO5/c1-15(24)28-14-22(8-5-9-22)18-12-19(23)17(11-21(25)26)10-20(18)27-13-16-6-3-2-4-7-16/h2-4,6-7,10,12H,5,8-9,11,13-14H2,1H3,(H,25,26). The zero-order chi connectivity index (χ0) is 20.1. The van der Waals surface area contributed by atoms with Crippen molar-refractivity contribution in [2.45, 2.75) is 44.6 Å². The minimum absolute atomic E-state index is 0.0706. The van der Waals surface area contributed by atoms with Crippen LogP contribution in [0, 0.1) is 5.82 Å². The summed E-state index contributed by atoms with van der Waals surface area (Å²) >= 11 is 0. The van der Waals surface area contributed by atoms with Gasteiger partial charge in [0.15, 0.2) is 0 Å². The van der Waals surface area contributed by atoms with Crippen LogP contribution < -0.4 is 4.74 Å². The molecule has 1 aliphatic rings. The second-order valence-electron chi connectivity index (χ2n) is 7.20. The van der Waals surface area contributed by atoms with Gasteiger partial charge in [0.1, 0.15) is 24.8 Å². The van der Waals surface area contributed by atoms with Crippen LogP contribution >= 0.6 is 0 Å². The second-order valence-corrected chi connectivity index (χ2v) is 7.20. The first-order valence-electron chi connectivity index (χ1n) is 9.24. The van der Waals surface area contributed by atoms with Crippen molar-refractivity contribution in [1.82, 2.24) is 0 Å². The number of carbonyl (C=O) groups excluding carboxylic acids is 1. The maximum Gasteiger partial charge on any atom is 0.307 e. The quantitative estimate of drug-likeness (QED) is 0.694. The average Bonchev–Trinajstić information content (AvgIpc) is 2.62. The lowest BCUT2D eigenvalue weighted by molar-refractivity contribution is -0.144. The molecule has 1 aliphatic carbocycles. The third-order valence-electron chi connectivity index (χ3n) is 5.16. The highest BCUT2D eigenvalue weighted by Gasteiger charge is 2.42. The number of halogens is 1. The van der Waals surface area contributed by atoms with Gasteiger partial charge in [-0.2, -0.15) is 0 Å². The van der Waals surface area contributed by atoms with Crippen LogP contribution in [-0.2, 0) is 32.8 Å². The number of benzene rings is 2. The molecule has 0 saturated heterocycles. The molecule has 0 aliphatic heterocycles. The molecule has 0 atom stereocenters. The minimum atomic E-state index is -1.11. The number of hydrogen-bond donors (Lipinski definition) is 1. The summed E-state index contributed by atoms with van der Waals surface area (Å²) in [4.78, 5) is 22.4. The fourth-order valence-electron chi connectivity index (χ4n) is 3.50. The van der Waals surface area contributed by atoms with Crippen molar-refractivity contribution in [1.29, 1.82) is 0 Å². The van der Waals surface area contributed by atoms with Gasteiger partial charge in [-0.15, -0.1) is 0 Å². The van der Waals surface area contributed by atoms with E-state index in [2.05, 4.69) is 0 Å². The van der Waals surface area contributed by atoms with Gasteiger partial charge >= 0.3 is 11.9 Å². The molecule has 0 aromatic heterocycles. The van der Waals surface area contributed by atoms with E-state index in [1.165, 1.54) is 19.1 Å². The van der Waals surface area contributed by atoms with E-state index in [9.17, 15) is 14.0 Å². The van der Waals surface area contributed by atoms with Crippen LogP contribution in [0.1, 0.15) is 42.9 Å². The monoisotopic (exact) mass is 386 g/mol. The van der Waals surface area contributed by atoms with Gasteiger partial charge in [-0.1, -0.05) is 36.8 Å². The fourth-order valence-corrected chi connectivity index (χ4v) is 3.50. The van der Waals surface area contributed by atoms with Crippen LogP contribution in [0.4, 0.5) is 4.39 Å². The molecule has 3 rings (SSSR count). The maximum absolute atomic E-state index is 14.6. The van der Waals surface area contributed by atoms with Gasteiger partial charge in [-0.3, -0.25) is 9.59 Å². The number of carbonyl (C=O) groups is 2. The summed E-state index contributed by atoms with van der Waals surface area (Å²) in [6, 6.07) is 12.3. The van der Waals surface area contributed by atoms with E-state index in [0.29, 0.717) is 11.3 Å². The van der Waals surface area contributed by atoms with Crippen molar-refractivity contribution < 1.29 is 28.6 Å². The van der Waals surface area contributed by atoms with Gasteiger partial charge in [0.25, 0.3) is 0 Å². The van der Waals surface area contributed by atoms with Gasteiger partial charge in [-0.05, 0) is 30.5 Å². The normalized spacial score (nSPS) is 14.8. The van der Waals surface area contributed by atoms with E-state index in [0.717, 1.165) is 24.8 Å². The predicted molar refractivity (Wildman–Crippen MR) is 101 cm³/mol. The molecule has 0 bridgehead atoms. The van der Waals surface area contributed by atoms with Gasteiger partial charge in [0, 0.05) is 23.5 Å². The molecule has 28 heavy (non-hydrogen) atoms. The molecule has 0 amide bonds. The van der Waals surface area contributed by atoms with Gasteiger partial charge in [-0.25, -0.2) is 4.39 Å². The predicted octanol–water partition coefficient (Wildman–Crippen LogP) is 4.02. The Kier molecular flexibility index (Phi) is 5.97. The number of aliphatic carboxylic acids is 1. The van der Waals surface area contributed by atoms with Crippen molar-refractivity contribution in [3.05, 3.63) is 65.0 Å². The number of esters is 1. The van der Waals surface area contributed by atoms with E-state index < -0.39 is 23.6 Å². The topological polar surface area (TPSA) is 72.8 Å². The zero-order valence-electron chi connectivity index (χ0n) is 15.7. The zero-order valence-corrected chi connectivity index (χ0v) is 15.7. The third kappa shape index (κ3) is 4.50. The van der Waals surface area contributed by atoms with Crippen LogP contribution in [0.15, 0.2) is 42.5 Å².